The Hall–Kier alpha value is -2.40. The highest BCUT2D eigenvalue weighted by Crippen LogP contribution is 2.26. The first-order chi connectivity index (χ1) is 12.1. The minimum Gasteiger partial charge on any atom is -0.439 e. The van der Waals surface area contributed by atoms with Gasteiger partial charge in [0, 0.05) is 17.5 Å². The van der Waals surface area contributed by atoms with Crippen LogP contribution in [0, 0.1) is 12.7 Å². The van der Waals surface area contributed by atoms with Gasteiger partial charge in [-0.1, -0.05) is 49.0 Å². The van der Waals surface area contributed by atoms with Crippen molar-refractivity contribution in [3.8, 4) is 11.6 Å². The van der Waals surface area contributed by atoms with E-state index in [-0.39, 0.29) is 5.82 Å². The second-order valence-electron chi connectivity index (χ2n) is 5.61. The third-order valence-corrected chi connectivity index (χ3v) is 4.55. The van der Waals surface area contributed by atoms with Gasteiger partial charge in [0.05, 0.1) is 0 Å². The van der Waals surface area contributed by atoms with Crippen LogP contribution in [0.5, 0.6) is 11.6 Å². The van der Waals surface area contributed by atoms with Crippen LogP contribution in [0.3, 0.4) is 0 Å². The molecule has 3 aromatic rings. The van der Waals surface area contributed by atoms with Crippen molar-refractivity contribution in [1.29, 1.82) is 0 Å². The van der Waals surface area contributed by atoms with Crippen molar-refractivity contribution in [3.05, 3.63) is 77.2 Å². The van der Waals surface area contributed by atoms with Gasteiger partial charge < -0.3 is 4.74 Å². The molecule has 0 aliphatic carbocycles. The molecule has 0 unspecified atom stereocenters. The van der Waals surface area contributed by atoms with Crippen LogP contribution >= 0.6 is 11.8 Å². The summed E-state index contributed by atoms with van der Waals surface area (Å²) in [6.45, 7) is 4.00. The maximum absolute atomic E-state index is 13.7. The fourth-order valence-electron chi connectivity index (χ4n) is 2.34. The summed E-state index contributed by atoms with van der Waals surface area (Å²) in [5, 5.41) is 0.574. The van der Waals surface area contributed by atoms with E-state index in [1.807, 2.05) is 31.2 Å². The largest absolute Gasteiger partial charge is 0.439 e. The van der Waals surface area contributed by atoms with Crippen molar-refractivity contribution < 1.29 is 9.13 Å². The highest BCUT2D eigenvalue weighted by Gasteiger charge is 2.08. The smallest absolute Gasteiger partial charge is 0.223 e. The summed E-state index contributed by atoms with van der Waals surface area (Å²) in [5.41, 5.74) is 2.65. The van der Waals surface area contributed by atoms with E-state index in [0.29, 0.717) is 22.4 Å². The zero-order chi connectivity index (χ0) is 17.6. The molecule has 2 aromatic carbocycles. The van der Waals surface area contributed by atoms with Crippen LogP contribution in [-0.2, 0) is 12.2 Å². The minimum atomic E-state index is -0.212. The molecule has 0 saturated heterocycles. The summed E-state index contributed by atoms with van der Waals surface area (Å²) in [7, 11) is 0. The van der Waals surface area contributed by atoms with E-state index in [1.54, 1.807) is 18.2 Å². The molecule has 0 saturated carbocycles. The third-order valence-electron chi connectivity index (χ3n) is 3.65. The molecule has 3 rings (SSSR count). The van der Waals surface area contributed by atoms with Gasteiger partial charge in [0.1, 0.15) is 11.6 Å². The predicted octanol–water partition coefficient (Wildman–Crippen LogP) is 5.57. The normalized spacial score (nSPS) is 10.7. The van der Waals surface area contributed by atoms with Crippen LogP contribution in [0.2, 0.25) is 0 Å². The molecule has 0 aliphatic heterocycles. The van der Waals surface area contributed by atoms with Gasteiger partial charge in [-0.3, -0.25) is 0 Å². The number of halogens is 1. The zero-order valence-electron chi connectivity index (χ0n) is 14.2. The molecule has 0 fully saturated rings. The van der Waals surface area contributed by atoms with Crippen molar-refractivity contribution in [2.75, 3.05) is 0 Å². The Bertz CT molecular complexity index is 870. The van der Waals surface area contributed by atoms with E-state index in [2.05, 4.69) is 23.0 Å². The second kappa shape index (κ2) is 8.12. The molecule has 5 heteroatoms. The number of benzene rings is 2. The molecule has 1 heterocycles. The monoisotopic (exact) mass is 354 g/mol. The van der Waals surface area contributed by atoms with Crippen LogP contribution in [0.1, 0.15) is 23.7 Å². The lowest BCUT2D eigenvalue weighted by Crippen LogP contribution is -1.96. The van der Waals surface area contributed by atoms with Crippen molar-refractivity contribution in [2.24, 2.45) is 0 Å². The molecule has 0 radical (unpaired) electrons. The Balaban J connectivity index is 1.75. The first-order valence-corrected chi connectivity index (χ1v) is 9.11. The molecule has 25 heavy (non-hydrogen) atoms. The Morgan fingerprint density at radius 1 is 1.04 bits per heavy atom. The SMILES string of the molecule is CCc1cccc(Oc2cc(C)nc(SCc3ccccc3F)n2)c1. The Morgan fingerprint density at radius 2 is 1.88 bits per heavy atom. The Morgan fingerprint density at radius 3 is 2.68 bits per heavy atom. The third kappa shape index (κ3) is 4.79. The summed E-state index contributed by atoms with van der Waals surface area (Å²) in [6, 6.07) is 16.5. The van der Waals surface area contributed by atoms with E-state index in [4.69, 9.17) is 4.74 Å². The number of aryl methyl sites for hydroxylation is 2. The van der Waals surface area contributed by atoms with Gasteiger partial charge in [-0.2, -0.15) is 4.98 Å². The quantitative estimate of drug-likeness (QED) is 0.428. The van der Waals surface area contributed by atoms with Gasteiger partial charge in [0.2, 0.25) is 5.88 Å². The maximum Gasteiger partial charge on any atom is 0.223 e. The molecule has 1 aromatic heterocycles. The number of aromatic nitrogens is 2. The van der Waals surface area contributed by atoms with Gasteiger partial charge >= 0.3 is 0 Å². The first kappa shape index (κ1) is 17.4. The van der Waals surface area contributed by atoms with E-state index in [9.17, 15) is 4.39 Å². The fraction of sp³-hybridized carbons (Fsp3) is 0.200. The number of nitrogens with zero attached hydrogens (tertiary/aromatic N) is 2. The van der Waals surface area contributed by atoms with Crippen LogP contribution in [0.4, 0.5) is 4.39 Å². The molecule has 3 nitrogen and oxygen atoms in total. The molecule has 0 bridgehead atoms. The number of hydrogen-bond acceptors (Lipinski definition) is 4. The van der Waals surface area contributed by atoms with Crippen molar-refractivity contribution in [1.82, 2.24) is 9.97 Å². The second-order valence-corrected chi connectivity index (χ2v) is 6.56. The first-order valence-electron chi connectivity index (χ1n) is 8.12. The molecule has 128 valence electrons. The van der Waals surface area contributed by atoms with Gasteiger partial charge in [0.25, 0.3) is 0 Å². The standard InChI is InChI=1S/C20H19FN2OS/c1-3-15-7-6-9-17(12-15)24-19-11-14(2)22-20(23-19)25-13-16-8-4-5-10-18(16)21/h4-12H,3,13H2,1-2H3. The molecule has 0 atom stereocenters. The summed E-state index contributed by atoms with van der Waals surface area (Å²) in [4.78, 5) is 8.84. The Labute approximate surface area is 151 Å². The lowest BCUT2D eigenvalue weighted by atomic mass is 10.2. The van der Waals surface area contributed by atoms with E-state index in [0.717, 1.165) is 17.9 Å². The fourth-order valence-corrected chi connectivity index (χ4v) is 3.22. The highest BCUT2D eigenvalue weighted by molar-refractivity contribution is 7.98. The van der Waals surface area contributed by atoms with Crippen molar-refractivity contribution >= 4 is 11.8 Å². The van der Waals surface area contributed by atoms with Gasteiger partial charge in [-0.25, -0.2) is 9.37 Å². The lowest BCUT2D eigenvalue weighted by molar-refractivity contribution is 0.454. The summed E-state index contributed by atoms with van der Waals surface area (Å²) in [5.74, 6) is 1.51. The summed E-state index contributed by atoms with van der Waals surface area (Å²) >= 11 is 1.39. The van der Waals surface area contributed by atoms with Gasteiger partial charge in [-0.15, -0.1) is 0 Å². The minimum absolute atomic E-state index is 0.212. The molecule has 0 spiro atoms. The molecular formula is C20H19FN2OS. The maximum atomic E-state index is 13.7. The van der Waals surface area contributed by atoms with Gasteiger partial charge in [-0.05, 0) is 42.7 Å². The van der Waals surface area contributed by atoms with Crippen LogP contribution in [-0.4, -0.2) is 9.97 Å². The summed E-state index contributed by atoms with van der Waals surface area (Å²) in [6.07, 6.45) is 0.948. The molecule has 0 aliphatic rings. The Kier molecular flexibility index (Phi) is 5.66. The average molecular weight is 354 g/mol. The van der Waals surface area contributed by atoms with Crippen molar-refractivity contribution in [3.63, 3.8) is 0 Å². The van der Waals surface area contributed by atoms with Gasteiger partial charge in [0.15, 0.2) is 5.16 Å². The average Bonchev–Trinajstić information content (AvgIpc) is 2.61. The van der Waals surface area contributed by atoms with E-state index < -0.39 is 0 Å². The van der Waals surface area contributed by atoms with Crippen molar-refractivity contribution in [2.45, 2.75) is 31.2 Å². The lowest BCUT2D eigenvalue weighted by Gasteiger charge is -2.09. The predicted molar refractivity (Wildman–Crippen MR) is 98.6 cm³/mol. The number of hydrogen-bond donors (Lipinski definition) is 0. The topological polar surface area (TPSA) is 35.0 Å². The molecule has 0 N–H and O–H groups in total. The van der Waals surface area contributed by atoms with E-state index in [1.165, 1.54) is 23.4 Å². The molecule has 0 amide bonds. The summed E-state index contributed by atoms with van der Waals surface area (Å²) < 4.78 is 19.6. The highest BCUT2D eigenvalue weighted by atomic mass is 32.2. The zero-order valence-corrected chi connectivity index (χ0v) is 15.0. The van der Waals surface area contributed by atoms with E-state index >= 15 is 0 Å². The number of ether oxygens (including phenoxy) is 1. The van der Waals surface area contributed by atoms with Crippen LogP contribution in [0.15, 0.2) is 59.8 Å². The number of rotatable bonds is 6. The van der Waals surface area contributed by atoms with Crippen LogP contribution in [0.25, 0.3) is 0 Å². The number of thioether (sulfide) groups is 1. The molecular weight excluding hydrogens is 335 g/mol. The van der Waals surface area contributed by atoms with Crippen LogP contribution < -0.4 is 4.74 Å².